The van der Waals surface area contributed by atoms with Gasteiger partial charge in [0, 0.05) is 38.3 Å². The molecule has 19 heavy (non-hydrogen) atoms. The average molecular weight is 266 g/mol. The molecular formula is C14H26N4O. The quantitative estimate of drug-likeness (QED) is 0.742. The summed E-state index contributed by atoms with van der Waals surface area (Å²) in [6.45, 7) is 6.91. The number of anilines is 1. The fourth-order valence-electron chi connectivity index (χ4n) is 2.54. The number of hydrogen-bond donors (Lipinski definition) is 2. The number of hydrogen-bond acceptors (Lipinski definition) is 4. The van der Waals surface area contributed by atoms with Crippen LogP contribution in [0, 0.1) is 6.92 Å². The lowest BCUT2D eigenvalue weighted by Gasteiger charge is -2.25. The van der Waals surface area contributed by atoms with E-state index in [0.717, 1.165) is 31.0 Å². The third-order valence-corrected chi connectivity index (χ3v) is 3.62. The van der Waals surface area contributed by atoms with Crippen molar-refractivity contribution < 1.29 is 5.11 Å². The first-order valence-electron chi connectivity index (χ1n) is 7.29. The second kappa shape index (κ2) is 6.39. The van der Waals surface area contributed by atoms with Crippen molar-refractivity contribution in [3.05, 3.63) is 11.3 Å². The van der Waals surface area contributed by atoms with Crippen molar-refractivity contribution in [3.63, 3.8) is 0 Å². The molecule has 0 unspecified atom stereocenters. The van der Waals surface area contributed by atoms with E-state index in [4.69, 9.17) is 0 Å². The molecule has 0 spiro atoms. The predicted octanol–water partition coefficient (Wildman–Crippen LogP) is 1.19. The lowest BCUT2D eigenvalue weighted by molar-refractivity contribution is 0.301. The van der Waals surface area contributed by atoms with Gasteiger partial charge in [-0.2, -0.15) is 5.10 Å². The van der Waals surface area contributed by atoms with Crippen LogP contribution in [-0.4, -0.2) is 40.6 Å². The summed E-state index contributed by atoms with van der Waals surface area (Å²) in [5.74, 6) is 1.15. The van der Waals surface area contributed by atoms with Crippen LogP contribution < -0.4 is 10.2 Å². The highest BCUT2D eigenvalue weighted by Gasteiger charge is 2.23. The first kappa shape index (κ1) is 14.3. The van der Waals surface area contributed by atoms with Gasteiger partial charge in [0.1, 0.15) is 5.82 Å². The lowest BCUT2D eigenvalue weighted by atomic mass is 10.2. The van der Waals surface area contributed by atoms with E-state index in [-0.39, 0.29) is 6.61 Å². The highest BCUT2D eigenvalue weighted by molar-refractivity contribution is 5.50. The number of rotatable bonds is 8. The van der Waals surface area contributed by atoms with E-state index < -0.39 is 0 Å². The second-order valence-corrected chi connectivity index (χ2v) is 5.38. The largest absolute Gasteiger partial charge is 0.395 e. The normalized spacial score (nSPS) is 14.9. The van der Waals surface area contributed by atoms with Crippen molar-refractivity contribution in [1.82, 2.24) is 15.1 Å². The van der Waals surface area contributed by atoms with Crippen molar-refractivity contribution >= 4 is 5.82 Å². The van der Waals surface area contributed by atoms with Gasteiger partial charge in [0.2, 0.25) is 0 Å². The minimum absolute atomic E-state index is 0.180. The highest BCUT2D eigenvalue weighted by Crippen LogP contribution is 2.25. The summed E-state index contributed by atoms with van der Waals surface area (Å²) in [7, 11) is 1.99. The Labute approximate surface area is 115 Å². The molecular weight excluding hydrogens is 240 g/mol. The minimum Gasteiger partial charge on any atom is -0.395 e. The molecule has 1 heterocycles. The van der Waals surface area contributed by atoms with Gasteiger partial charge in [0.05, 0.1) is 12.3 Å². The Morgan fingerprint density at radius 2 is 2.16 bits per heavy atom. The molecule has 2 rings (SSSR count). The molecule has 1 aromatic rings. The molecule has 1 aromatic heterocycles. The van der Waals surface area contributed by atoms with Crippen LogP contribution in [0.3, 0.4) is 0 Å². The number of aromatic nitrogens is 2. The molecule has 5 nitrogen and oxygen atoms in total. The Kier molecular flexibility index (Phi) is 4.82. The Bertz CT molecular complexity index is 406. The Hall–Kier alpha value is -1.07. The van der Waals surface area contributed by atoms with Crippen LogP contribution in [0.15, 0.2) is 0 Å². The van der Waals surface area contributed by atoms with Crippen LogP contribution in [-0.2, 0) is 13.6 Å². The summed E-state index contributed by atoms with van der Waals surface area (Å²) in [4.78, 5) is 2.24. The number of aryl methyl sites for hydroxylation is 2. The van der Waals surface area contributed by atoms with Gasteiger partial charge in [-0.25, -0.2) is 0 Å². The van der Waals surface area contributed by atoms with E-state index in [1.807, 2.05) is 11.7 Å². The number of aliphatic hydroxyl groups excluding tert-OH is 1. The first-order chi connectivity index (χ1) is 9.17. The number of nitrogens with one attached hydrogen (secondary N) is 1. The van der Waals surface area contributed by atoms with Crippen molar-refractivity contribution in [2.75, 3.05) is 24.6 Å². The van der Waals surface area contributed by atoms with E-state index >= 15 is 0 Å². The Morgan fingerprint density at radius 1 is 1.42 bits per heavy atom. The number of aliphatic hydroxyl groups is 1. The standard InChI is InChI=1S/C14H26N4O/c1-4-7-18(8-9-19)14-13(10-15-12-5-6-12)11(2)16-17(14)3/h12,15,19H,4-10H2,1-3H3. The summed E-state index contributed by atoms with van der Waals surface area (Å²) < 4.78 is 1.95. The minimum atomic E-state index is 0.180. The maximum Gasteiger partial charge on any atom is 0.131 e. The zero-order valence-corrected chi connectivity index (χ0v) is 12.3. The molecule has 0 bridgehead atoms. The zero-order valence-electron chi connectivity index (χ0n) is 12.3. The zero-order chi connectivity index (χ0) is 13.8. The summed E-state index contributed by atoms with van der Waals surface area (Å²) in [6, 6.07) is 0.699. The Balaban J connectivity index is 2.18. The molecule has 0 atom stereocenters. The molecule has 2 N–H and O–H groups in total. The fraction of sp³-hybridized carbons (Fsp3) is 0.786. The van der Waals surface area contributed by atoms with Crippen LogP contribution in [0.25, 0.3) is 0 Å². The van der Waals surface area contributed by atoms with E-state index in [2.05, 4.69) is 29.2 Å². The van der Waals surface area contributed by atoms with Gasteiger partial charge in [-0.15, -0.1) is 0 Å². The molecule has 0 radical (unpaired) electrons. The summed E-state index contributed by atoms with van der Waals surface area (Å²) in [5, 5.41) is 17.4. The second-order valence-electron chi connectivity index (χ2n) is 5.38. The third-order valence-electron chi connectivity index (χ3n) is 3.62. The molecule has 1 aliphatic rings. The van der Waals surface area contributed by atoms with Crippen LogP contribution in [0.2, 0.25) is 0 Å². The molecule has 1 aliphatic carbocycles. The topological polar surface area (TPSA) is 53.3 Å². The summed E-state index contributed by atoms with van der Waals surface area (Å²) in [5.41, 5.74) is 2.36. The third kappa shape index (κ3) is 3.48. The van der Waals surface area contributed by atoms with E-state index in [9.17, 15) is 5.11 Å². The van der Waals surface area contributed by atoms with Crippen molar-refractivity contribution in [2.45, 2.75) is 45.7 Å². The van der Waals surface area contributed by atoms with Crippen molar-refractivity contribution in [1.29, 1.82) is 0 Å². The van der Waals surface area contributed by atoms with Gasteiger partial charge in [-0.1, -0.05) is 6.92 Å². The smallest absolute Gasteiger partial charge is 0.131 e. The molecule has 0 aromatic carbocycles. The molecule has 0 saturated heterocycles. The predicted molar refractivity (Wildman–Crippen MR) is 77.4 cm³/mol. The van der Waals surface area contributed by atoms with Gasteiger partial charge in [0.15, 0.2) is 0 Å². The molecule has 1 saturated carbocycles. The molecule has 1 fully saturated rings. The van der Waals surface area contributed by atoms with Crippen molar-refractivity contribution in [2.24, 2.45) is 7.05 Å². The molecule has 108 valence electrons. The monoisotopic (exact) mass is 266 g/mol. The average Bonchev–Trinajstić information content (AvgIpc) is 3.13. The van der Waals surface area contributed by atoms with Gasteiger partial charge in [-0.3, -0.25) is 4.68 Å². The lowest BCUT2D eigenvalue weighted by Crippen LogP contribution is -2.31. The van der Waals surface area contributed by atoms with E-state index in [1.165, 1.54) is 18.4 Å². The first-order valence-corrected chi connectivity index (χ1v) is 7.29. The fourth-order valence-corrected chi connectivity index (χ4v) is 2.54. The van der Waals surface area contributed by atoms with Gasteiger partial charge >= 0.3 is 0 Å². The van der Waals surface area contributed by atoms with Crippen molar-refractivity contribution in [3.8, 4) is 0 Å². The van der Waals surface area contributed by atoms with Gasteiger partial charge in [0.25, 0.3) is 0 Å². The highest BCUT2D eigenvalue weighted by atomic mass is 16.3. The summed E-state index contributed by atoms with van der Waals surface area (Å²) >= 11 is 0. The maximum atomic E-state index is 9.25. The Morgan fingerprint density at radius 3 is 2.74 bits per heavy atom. The molecule has 5 heteroatoms. The number of nitrogens with zero attached hydrogens (tertiary/aromatic N) is 3. The SMILES string of the molecule is CCCN(CCO)c1c(CNC2CC2)c(C)nn1C. The molecule has 0 amide bonds. The summed E-state index contributed by atoms with van der Waals surface area (Å²) in [6.07, 6.45) is 3.66. The van der Waals surface area contributed by atoms with Gasteiger partial charge in [-0.05, 0) is 26.2 Å². The van der Waals surface area contributed by atoms with Gasteiger partial charge < -0.3 is 15.3 Å². The van der Waals surface area contributed by atoms with Crippen LogP contribution in [0.5, 0.6) is 0 Å². The van der Waals surface area contributed by atoms with Crippen LogP contribution >= 0.6 is 0 Å². The van der Waals surface area contributed by atoms with Crippen LogP contribution in [0.1, 0.15) is 37.4 Å². The van der Waals surface area contributed by atoms with E-state index in [1.54, 1.807) is 0 Å². The van der Waals surface area contributed by atoms with E-state index in [0.29, 0.717) is 12.6 Å². The molecule has 0 aliphatic heterocycles. The van der Waals surface area contributed by atoms with Crippen LogP contribution in [0.4, 0.5) is 5.82 Å². The maximum absolute atomic E-state index is 9.25.